The number of carboxylic acids is 1. The first kappa shape index (κ1) is 18.0. The van der Waals surface area contributed by atoms with Gasteiger partial charge in [0.1, 0.15) is 10.1 Å². The normalized spacial score (nSPS) is 16.3. The number of ether oxygens (including phenoxy) is 1. The lowest BCUT2D eigenvalue weighted by molar-refractivity contribution is -0.137. The molecular weight excluding hydrogens is 402 g/mol. The molecule has 2 rings (SSSR count). The van der Waals surface area contributed by atoms with Gasteiger partial charge in [0.25, 0.3) is 5.91 Å². The summed E-state index contributed by atoms with van der Waals surface area (Å²) < 4.78 is 6.61. The van der Waals surface area contributed by atoms with E-state index in [-0.39, 0.29) is 12.3 Å². The number of hydrogen-bond donors (Lipinski definition) is 1. The zero-order valence-electron chi connectivity index (χ0n) is 12.2. The number of nitrogens with zero attached hydrogens (tertiary/aromatic N) is 1. The Balaban J connectivity index is 2.18. The molecule has 0 saturated carbocycles. The molecule has 1 aliphatic heterocycles. The quantitative estimate of drug-likeness (QED) is 0.566. The molecule has 1 N–H and O–H groups in total. The number of carbonyl (C=O) groups is 2. The van der Waals surface area contributed by atoms with Gasteiger partial charge in [-0.25, -0.2) is 0 Å². The molecule has 1 saturated heterocycles. The van der Waals surface area contributed by atoms with Crippen molar-refractivity contribution in [1.29, 1.82) is 0 Å². The highest BCUT2D eigenvalue weighted by Crippen LogP contribution is 2.35. The topological polar surface area (TPSA) is 66.8 Å². The van der Waals surface area contributed by atoms with Gasteiger partial charge in [-0.3, -0.25) is 14.5 Å². The zero-order valence-corrected chi connectivity index (χ0v) is 15.5. The molecule has 0 spiro atoms. The summed E-state index contributed by atoms with van der Waals surface area (Å²) in [6, 6.07) is 5.52. The van der Waals surface area contributed by atoms with Crippen molar-refractivity contribution < 1.29 is 19.4 Å². The minimum atomic E-state index is -0.884. The third-order valence-electron chi connectivity index (χ3n) is 3.12. The van der Waals surface area contributed by atoms with Crippen LogP contribution >= 0.6 is 39.9 Å². The molecular formula is C15H14BrNO4S2. The summed E-state index contributed by atoms with van der Waals surface area (Å²) >= 11 is 9.82. The van der Waals surface area contributed by atoms with Crippen molar-refractivity contribution in [3.8, 4) is 5.75 Å². The number of amides is 1. The predicted molar refractivity (Wildman–Crippen MR) is 97.4 cm³/mol. The van der Waals surface area contributed by atoms with Crippen LogP contribution in [0.25, 0.3) is 6.08 Å². The van der Waals surface area contributed by atoms with E-state index in [2.05, 4.69) is 15.9 Å². The Bertz CT molecular complexity index is 690. The number of carbonyl (C=O) groups excluding carboxylic acids is 1. The van der Waals surface area contributed by atoms with Crippen molar-refractivity contribution in [2.75, 3.05) is 13.7 Å². The third-order valence-corrected chi connectivity index (χ3v) is 5.00. The van der Waals surface area contributed by atoms with Crippen LogP contribution in [0.3, 0.4) is 0 Å². The van der Waals surface area contributed by atoms with E-state index in [0.29, 0.717) is 27.9 Å². The average Bonchev–Trinajstić information content (AvgIpc) is 2.74. The Labute approximate surface area is 151 Å². The summed E-state index contributed by atoms with van der Waals surface area (Å²) in [5.41, 5.74) is 0.771. The number of carboxylic acid groups (broad SMARTS) is 1. The second kappa shape index (κ2) is 7.94. The van der Waals surface area contributed by atoms with Crippen LogP contribution in [-0.4, -0.2) is 39.9 Å². The van der Waals surface area contributed by atoms with Gasteiger partial charge in [0.15, 0.2) is 0 Å². The number of benzene rings is 1. The average molecular weight is 416 g/mol. The summed E-state index contributed by atoms with van der Waals surface area (Å²) in [4.78, 5) is 24.9. The van der Waals surface area contributed by atoms with Crippen molar-refractivity contribution in [1.82, 2.24) is 4.90 Å². The standard InChI is InChI=1S/C15H14BrNO4S2/c1-21-11-5-4-10(16)7-9(11)8-12-14(20)17(15(22)23-12)6-2-3-13(18)19/h4-5,7-8H,2-3,6H2,1H3,(H,18,19). The monoisotopic (exact) mass is 415 g/mol. The second-order valence-electron chi connectivity index (χ2n) is 4.72. The van der Waals surface area contributed by atoms with E-state index < -0.39 is 5.97 Å². The van der Waals surface area contributed by atoms with Gasteiger partial charge in [-0.15, -0.1) is 0 Å². The fourth-order valence-electron chi connectivity index (χ4n) is 2.04. The van der Waals surface area contributed by atoms with Gasteiger partial charge in [-0.05, 0) is 30.7 Å². The lowest BCUT2D eigenvalue weighted by Crippen LogP contribution is -2.29. The first-order valence-electron chi connectivity index (χ1n) is 6.73. The van der Waals surface area contributed by atoms with Crippen molar-refractivity contribution in [2.24, 2.45) is 0 Å². The SMILES string of the molecule is COc1ccc(Br)cc1C=C1SC(=S)N(CCCC(=O)O)C1=O. The van der Waals surface area contributed by atoms with E-state index >= 15 is 0 Å². The number of methoxy groups -OCH3 is 1. The van der Waals surface area contributed by atoms with Crippen LogP contribution < -0.4 is 4.74 Å². The predicted octanol–water partition coefficient (Wildman–Crippen LogP) is 3.52. The molecule has 122 valence electrons. The molecule has 0 unspecified atom stereocenters. The zero-order chi connectivity index (χ0) is 17.0. The first-order valence-corrected chi connectivity index (χ1v) is 8.75. The van der Waals surface area contributed by atoms with Crippen molar-refractivity contribution in [2.45, 2.75) is 12.8 Å². The molecule has 8 heteroatoms. The maximum Gasteiger partial charge on any atom is 0.303 e. The Morgan fingerprint density at radius 1 is 1.52 bits per heavy atom. The fourth-order valence-corrected chi connectivity index (χ4v) is 3.72. The minimum absolute atomic E-state index is 0.00949. The van der Waals surface area contributed by atoms with Crippen LogP contribution in [0.1, 0.15) is 18.4 Å². The molecule has 1 aliphatic rings. The molecule has 0 radical (unpaired) electrons. The number of hydrogen-bond acceptors (Lipinski definition) is 5. The highest BCUT2D eigenvalue weighted by molar-refractivity contribution is 9.10. The van der Waals surface area contributed by atoms with E-state index in [1.807, 2.05) is 18.2 Å². The number of halogens is 1. The van der Waals surface area contributed by atoms with Gasteiger partial charge in [-0.1, -0.05) is 39.9 Å². The van der Waals surface area contributed by atoms with E-state index in [4.69, 9.17) is 22.1 Å². The smallest absolute Gasteiger partial charge is 0.303 e. The Morgan fingerprint density at radius 2 is 2.26 bits per heavy atom. The van der Waals surface area contributed by atoms with Crippen LogP contribution in [0.15, 0.2) is 27.6 Å². The highest BCUT2D eigenvalue weighted by Gasteiger charge is 2.31. The van der Waals surface area contributed by atoms with Crippen LogP contribution in [0, 0.1) is 0 Å². The molecule has 0 bridgehead atoms. The molecule has 1 aromatic carbocycles. The van der Waals surface area contributed by atoms with Crippen molar-refractivity contribution in [3.63, 3.8) is 0 Å². The van der Waals surface area contributed by atoms with Gasteiger partial charge in [0.05, 0.1) is 12.0 Å². The molecule has 1 heterocycles. The van der Waals surface area contributed by atoms with Crippen LogP contribution in [0.4, 0.5) is 0 Å². The van der Waals surface area contributed by atoms with E-state index in [1.54, 1.807) is 13.2 Å². The molecule has 1 aromatic rings. The van der Waals surface area contributed by atoms with Gasteiger partial charge >= 0.3 is 5.97 Å². The number of aliphatic carboxylic acids is 1. The molecule has 1 amide bonds. The molecule has 0 aliphatic carbocycles. The molecule has 23 heavy (non-hydrogen) atoms. The van der Waals surface area contributed by atoms with E-state index in [0.717, 1.165) is 10.0 Å². The number of rotatable bonds is 6. The van der Waals surface area contributed by atoms with Crippen LogP contribution in [0.5, 0.6) is 5.75 Å². The fraction of sp³-hybridized carbons (Fsp3) is 0.267. The van der Waals surface area contributed by atoms with Crippen LogP contribution in [-0.2, 0) is 9.59 Å². The Morgan fingerprint density at radius 3 is 2.91 bits per heavy atom. The Hall–Kier alpha value is -1.38. The third kappa shape index (κ3) is 4.55. The minimum Gasteiger partial charge on any atom is -0.496 e. The summed E-state index contributed by atoms with van der Waals surface area (Å²) in [5.74, 6) is -0.429. The van der Waals surface area contributed by atoms with Gasteiger partial charge in [0.2, 0.25) is 0 Å². The van der Waals surface area contributed by atoms with E-state index in [1.165, 1.54) is 16.7 Å². The Kier molecular flexibility index (Phi) is 6.20. The first-order chi connectivity index (χ1) is 10.9. The maximum atomic E-state index is 12.4. The summed E-state index contributed by atoms with van der Waals surface area (Å²) in [6.45, 7) is 0.309. The van der Waals surface area contributed by atoms with E-state index in [9.17, 15) is 9.59 Å². The molecule has 1 fully saturated rings. The summed E-state index contributed by atoms with van der Waals surface area (Å²) in [7, 11) is 1.57. The number of thioether (sulfide) groups is 1. The molecule has 5 nitrogen and oxygen atoms in total. The second-order valence-corrected chi connectivity index (χ2v) is 7.31. The number of thiocarbonyl (C=S) groups is 1. The summed E-state index contributed by atoms with van der Waals surface area (Å²) in [5, 5.41) is 8.68. The molecule has 0 aromatic heterocycles. The van der Waals surface area contributed by atoms with Gasteiger partial charge in [0, 0.05) is 23.0 Å². The lowest BCUT2D eigenvalue weighted by Gasteiger charge is -2.13. The molecule has 0 atom stereocenters. The van der Waals surface area contributed by atoms with Gasteiger partial charge in [-0.2, -0.15) is 0 Å². The van der Waals surface area contributed by atoms with Crippen LogP contribution in [0.2, 0.25) is 0 Å². The highest BCUT2D eigenvalue weighted by atomic mass is 79.9. The van der Waals surface area contributed by atoms with Crippen molar-refractivity contribution >= 4 is 62.2 Å². The van der Waals surface area contributed by atoms with Gasteiger partial charge < -0.3 is 9.84 Å². The lowest BCUT2D eigenvalue weighted by atomic mass is 10.2. The summed E-state index contributed by atoms with van der Waals surface area (Å²) in [6.07, 6.45) is 2.12. The van der Waals surface area contributed by atoms with Crippen molar-refractivity contribution in [3.05, 3.63) is 33.1 Å². The largest absolute Gasteiger partial charge is 0.496 e. The maximum absolute atomic E-state index is 12.4.